The number of aromatic nitrogens is 5. The summed E-state index contributed by atoms with van der Waals surface area (Å²) < 4.78 is 7.07. The Morgan fingerprint density at radius 2 is 1.88 bits per heavy atom. The van der Waals surface area contributed by atoms with Gasteiger partial charge in [-0.25, -0.2) is 14.6 Å². The number of rotatable bonds is 4. The Morgan fingerprint density at radius 1 is 1.12 bits per heavy atom. The van der Waals surface area contributed by atoms with Crippen molar-refractivity contribution in [2.45, 2.75) is 19.0 Å². The monoisotopic (exact) mass is 350 g/mol. The summed E-state index contributed by atoms with van der Waals surface area (Å²) in [6.45, 7) is 2.78. The van der Waals surface area contributed by atoms with E-state index in [0.717, 1.165) is 11.1 Å². The van der Waals surface area contributed by atoms with Crippen molar-refractivity contribution in [3.05, 3.63) is 65.0 Å². The number of nitrogens with zero attached hydrogens (tertiary/aromatic N) is 5. The average molecular weight is 350 g/mol. The third kappa shape index (κ3) is 3.31. The van der Waals surface area contributed by atoms with Gasteiger partial charge in [-0.3, -0.25) is 9.78 Å². The van der Waals surface area contributed by atoms with Gasteiger partial charge in [0.2, 0.25) is 5.95 Å². The third-order valence-electron chi connectivity index (χ3n) is 4.26. The van der Waals surface area contributed by atoms with Gasteiger partial charge in [-0.05, 0) is 30.7 Å². The fraction of sp³-hybridized carbons (Fsp3) is 0.278. The van der Waals surface area contributed by atoms with Gasteiger partial charge >= 0.3 is 0 Å². The van der Waals surface area contributed by atoms with Crippen LogP contribution in [-0.2, 0) is 4.74 Å². The summed E-state index contributed by atoms with van der Waals surface area (Å²) in [7, 11) is 0. The molecule has 3 aromatic rings. The molecule has 4 rings (SSSR count). The minimum absolute atomic E-state index is 0.143. The fourth-order valence-corrected chi connectivity index (χ4v) is 2.89. The summed E-state index contributed by atoms with van der Waals surface area (Å²) in [6.07, 6.45) is 6.89. The highest BCUT2D eigenvalue weighted by atomic mass is 16.5. The van der Waals surface area contributed by atoms with E-state index in [1.165, 1.54) is 10.7 Å². The van der Waals surface area contributed by atoms with Gasteiger partial charge in [0.15, 0.2) is 0 Å². The molecular formula is C18H18N6O2. The van der Waals surface area contributed by atoms with Crippen LogP contribution in [0.2, 0.25) is 0 Å². The normalized spacial score (nSPS) is 19.4. The van der Waals surface area contributed by atoms with E-state index in [0.29, 0.717) is 24.9 Å². The first-order valence-electron chi connectivity index (χ1n) is 8.34. The van der Waals surface area contributed by atoms with Crippen LogP contribution in [0.4, 0.5) is 5.95 Å². The molecule has 132 valence electrons. The van der Waals surface area contributed by atoms with Gasteiger partial charge in [-0.1, -0.05) is 0 Å². The molecule has 0 bridgehead atoms. The molecule has 2 atom stereocenters. The molecule has 1 N–H and O–H groups in total. The summed E-state index contributed by atoms with van der Waals surface area (Å²) in [5.41, 5.74) is 2.43. The molecular weight excluding hydrogens is 332 g/mol. The maximum Gasteiger partial charge on any atom is 0.267 e. The van der Waals surface area contributed by atoms with Gasteiger partial charge in [0.1, 0.15) is 6.04 Å². The highest BCUT2D eigenvalue weighted by Gasteiger charge is 2.32. The molecule has 0 amide bonds. The van der Waals surface area contributed by atoms with E-state index in [2.05, 4.69) is 25.4 Å². The lowest BCUT2D eigenvalue weighted by atomic mass is 10.1. The molecule has 1 aliphatic heterocycles. The minimum Gasteiger partial charge on any atom is -0.377 e. The lowest BCUT2D eigenvalue weighted by molar-refractivity contribution is 0.183. The Hall–Kier alpha value is -3.13. The number of hydrogen-bond donors (Lipinski definition) is 1. The Kier molecular flexibility index (Phi) is 4.40. The Balaban J connectivity index is 1.63. The predicted octanol–water partition coefficient (Wildman–Crippen LogP) is 1.46. The molecule has 1 aliphatic rings. The second kappa shape index (κ2) is 7.01. The number of nitrogens with one attached hydrogen (secondary N) is 1. The van der Waals surface area contributed by atoms with Crippen molar-refractivity contribution < 1.29 is 4.74 Å². The molecule has 8 heteroatoms. The van der Waals surface area contributed by atoms with E-state index in [9.17, 15) is 4.79 Å². The zero-order valence-electron chi connectivity index (χ0n) is 14.2. The number of aryl methyl sites for hydroxylation is 1. The van der Waals surface area contributed by atoms with Crippen molar-refractivity contribution in [2.24, 2.45) is 0 Å². The summed E-state index contributed by atoms with van der Waals surface area (Å²) >= 11 is 0. The topological polar surface area (TPSA) is 94.8 Å². The van der Waals surface area contributed by atoms with Gasteiger partial charge < -0.3 is 10.1 Å². The SMILES string of the molecule is Cc1cnc(NC2COCC2n2nc(-c3ccncc3)ccc2=O)nc1. The molecule has 26 heavy (non-hydrogen) atoms. The van der Waals surface area contributed by atoms with Crippen LogP contribution in [0, 0.1) is 6.92 Å². The van der Waals surface area contributed by atoms with Crippen LogP contribution in [-0.4, -0.2) is 44.0 Å². The maximum absolute atomic E-state index is 12.4. The molecule has 4 heterocycles. The van der Waals surface area contributed by atoms with Crippen molar-refractivity contribution >= 4 is 5.95 Å². The molecule has 1 saturated heterocycles. The van der Waals surface area contributed by atoms with Crippen LogP contribution in [0.3, 0.4) is 0 Å². The van der Waals surface area contributed by atoms with Crippen LogP contribution >= 0.6 is 0 Å². The van der Waals surface area contributed by atoms with E-state index < -0.39 is 0 Å². The van der Waals surface area contributed by atoms with Crippen molar-refractivity contribution in [1.82, 2.24) is 24.7 Å². The van der Waals surface area contributed by atoms with E-state index in [1.807, 2.05) is 19.1 Å². The molecule has 8 nitrogen and oxygen atoms in total. The van der Waals surface area contributed by atoms with Crippen LogP contribution in [0.25, 0.3) is 11.3 Å². The first-order valence-corrected chi connectivity index (χ1v) is 8.34. The largest absolute Gasteiger partial charge is 0.377 e. The number of ether oxygens (including phenoxy) is 1. The number of hydrogen-bond acceptors (Lipinski definition) is 7. The molecule has 0 spiro atoms. The van der Waals surface area contributed by atoms with Gasteiger partial charge in [0.25, 0.3) is 5.56 Å². The van der Waals surface area contributed by atoms with Crippen LogP contribution in [0.15, 0.2) is 53.8 Å². The van der Waals surface area contributed by atoms with Crippen molar-refractivity contribution in [3.8, 4) is 11.3 Å². The van der Waals surface area contributed by atoms with E-state index in [-0.39, 0.29) is 17.6 Å². The maximum atomic E-state index is 12.4. The third-order valence-corrected chi connectivity index (χ3v) is 4.26. The highest BCUT2D eigenvalue weighted by Crippen LogP contribution is 2.22. The van der Waals surface area contributed by atoms with Crippen LogP contribution < -0.4 is 10.9 Å². The molecule has 0 radical (unpaired) electrons. The molecule has 2 unspecified atom stereocenters. The number of anilines is 1. The fourth-order valence-electron chi connectivity index (χ4n) is 2.89. The van der Waals surface area contributed by atoms with Gasteiger partial charge in [0.05, 0.1) is 24.9 Å². The molecule has 0 aliphatic carbocycles. The molecule has 0 aromatic carbocycles. The summed E-state index contributed by atoms with van der Waals surface area (Å²) in [5.74, 6) is 0.509. The second-order valence-electron chi connectivity index (χ2n) is 6.18. The Labute approximate surface area is 149 Å². The van der Waals surface area contributed by atoms with Crippen molar-refractivity contribution in [2.75, 3.05) is 18.5 Å². The summed E-state index contributed by atoms with van der Waals surface area (Å²) in [5, 5.41) is 7.79. The Morgan fingerprint density at radius 3 is 2.65 bits per heavy atom. The zero-order valence-corrected chi connectivity index (χ0v) is 14.2. The first-order chi connectivity index (χ1) is 12.7. The lowest BCUT2D eigenvalue weighted by Gasteiger charge is -2.20. The summed E-state index contributed by atoms with van der Waals surface area (Å²) in [6, 6.07) is 6.58. The Bertz CT molecular complexity index is 942. The minimum atomic E-state index is -0.241. The van der Waals surface area contributed by atoms with Gasteiger partial charge in [0, 0.05) is 36.4 Å². The van der Waals surface area contributed by atoms with Gasteiger partial charge in [-0.2, -0.15) is 5.10 Å². The smallest absolute Gasteiger partial charge is 0.267 e. The molecule has 1 fully saturated rings. The van der Waals surface area contributed by atoms with Crippen LogP contribution in [0.1, 0.15) is 11.6 Å². The van der Waals surface area contributed by atoms with E-state index in [4.69, 9.17) is 4.74 Å². The highest BCUT2D eigenvalue weighted by molar-refractivity contribution is 5.57. The standard InChI is InChI=1S/C18H18N6O2/c1-12-8-20-18(21-9-12)22-15-10-26-11-16(15)24-17(25)3-2-14(23-24)13-4-6-19-7-5-13/h2-9,15-16H,10-11H2,1H3,(H,20,21,22). The van der Waals surface area contributed by atoms with Crippen molar-refractivity contribution in [3.63, 3.8) is 0 Å². The van der Waals surface area contributed by atoms with Gasteiger partial charge in [-0.15, -0.1) is 0 Å². The van der Waals surface area contributed by atoms with E-state index in [1.54, 1.807) is 30.9 Å². The van der Waals surface area contributed by atoms with Crippen LogP contribution in [0.5, 0.6) is 0 Å². The van der Waals surface area contributed by atoms with E-state index >= 15 is 0 Å². The predicted molar refractivity (Wildman–Crippen MR) is 95.8 cm³/mol. The average Bonchev–Trinajstić information content (AvgIpc) is 3.13. The zero-order chi connectivity index (χ0) is 17.9. The lowest BCUT2D eigenvalue weighted by Crippen LogP contribution is -2.37. The molecule has 0 saturated carbocycles. The van der Waals surface area contributed by atoms with Crippen molar-refractivity contribution in [1.29, 1.82) is 0 Å². The second-order valence-corrected chi connectivity index (χ2v) is 6.18. The number of pyridine rings is 1. The summed E-state index contributed by atoms with van der Waals surface area (Å²) in [4.78, 5) is 24.9. The molecule has 3 aromatic heterocycles. The quantitative estimate of drug-likeness (QED) is 0.761. The first kappa shape index (κ1) is 16.3.